The number of rotatable bonds is 0. The van der Waals surface area contributed by atoms with E-state index in [1.54, 1.807) is 0 Å². The van der Waals surface area contributed by atoms with Crippen molar-refractivity contribution in [2.24, 2.45) is 0 Å². The van der Waals surface area contributed by atoms with Gasteiger partial charge in [-0.15, -0.1) is 0 Å². The van der Waals surface area contributed by atoms with E-state index < -0.39 is 5.97 Å². The monoisotopic (exact) mass is 274 g/mol. The molecule has 2 aliphatic rings. The van der Waals surface area contributed by atoms with Crippen molar-refractivity contribution >= 4 is 5.97 Å². The van der Waals surface area contributed by atoms with Crippen LogP contribution in [0.3, 0.4) is 0 Å². The Labute approximate surface area is 144 Å². The quantitative estimate of drug-likeness (QED) is 0.417. The molecule has 0 amide bonds. The largest absolute Gasteiger partial charge is 1.00 e. The van der Waals surface area contributed by atoms with Gasteiger partial charge in [-0.2, -0.15) is 0 Å². The van der Waals surface area contributed by atoms with Crippen molar-refractivity contribution in [3.8, 4) is 0 Å². The number of hydrogen-bond acceptors (Lipinski definition) is 6. The van der Waals surface area contributed by atoms with Crippen LogP contribution in [0.25, 0.3) is 0 Å². The van der Waals surface area contributed by atoms with Crippen molar-refractivity contribution in [1.82, 2.24) is 0 Å². The second-order valence-corrected chi connectivity index (χ2v) is 2.94. The summed E-state index contributed by atoms with van der Waals surface area (Å²) in [6.45, 7) is 7.19. The molecule has 7 heteroatoms. The molecule has 17 heavy (non-hydrogen) atoms. The van der Waals surface area contributed by atoms with Crippen LogP contribution in [0.1, 0.15) is 6.92 Å². The summed E-state index contributed by atoms with van der Waals surface area (Å²) in [4.78, 5) is 8.89. The van der Waals surface area contributed by atoms with Crippen LogP contribution in [0, 0.1) is 0 Å². The van der Waals surface area contributed by atoms with Crippen LogP contribution < -0.4 is 56.5 Å². The molecule has 0 saturated carbocycles. The Morgan fingerprint density at radius 3 is 0.941 bits per heavy atom. The Morgan fingerprint density at radius 1 is 0.765 bits per heavy atom. The molecule has 0 atom stereocenters. The molecule has 2 rings (SSSR count). The van der Waals surface area contributed by atoms with Gasteiger partial charge in [-0.05, 0) is 6.92 Å². The Balaban J connectivity index is 0. The van der Waals surface area contributed by atoms with Gasteiger partial charge in [0.25, 0.3) is 0 Å². The molecule has 0 spiro atoms. The Hall–Kier alpha value is 0.946. The van der Waals surface area contributed by atoms with E-state index in [0.29, 0.717) is 0 Å². The van der Waals surface area contributed by atoms with Crippen molar-refractivity contribution in [3.63, 3.8) is 0 Å². The standard InChI is InChI=1S/2C4H8O2.C2H4O2.K/c2*1-2-6-4-3-5-1;1-2(3)4;/h2*1-4H2;1H3,(H,3,4);/q;;;+1/p-1. The summed E-state index contributed by atoms with van der Waals surface area (Å²) in [5, 5.41) is 8.89. The van der Waals surface area contributed by atoms with Crippen molar-refractivity contribution in [1.29, 1.82) is 0 Å². The maximum absolute atomic E-state index is 8.89. The summed E-state index contributed by atoms with van der Waals surface area (Å²) in [5.41, 5.74) is 0. The normalized spacial score (nSPS) is 18.4. The second-order valence-electron chi connectivity index (χ2n) is 2.94. The third-order valence-corrected chi connectivity index (χ3v) is 1.49. The van der Waals surface area contributed by atoms with E-state index in [9.17, 15) is 0 Å². The van der Waals surface area contributed by atoms with Gasteiger partial charge in [-0.1, -0.05) is 0 Å². The molecule has 0 unspecified atom stereocenters. The molecule has 2 aliphatic heterocycles. The molecule has 2 heterocycles. The molecule has 0 aromatic rings. The van der Waals surface area contributed by atoms with Crippen LogP contribution in [0.15, 0.2) is 0 Å². The summed E-state index contributed by atoms with van der Waals surface area (Å²) in [7, 11) is 0. The number of carbonyl (C=O) groups excluding carboxylic acids is 1. The van der Waals surface area contributed by atoms with Crippen LogP contribution >= 0.6 is 0 Å². The number of carboxylic acids is 1. The molecule has 6 nitrogen and oxygen atoms in total. The Bertz CT molecular complexity index is 120. The summed E-state index contributed by atoms with van der Waals surface area (Å²) in [5.74, 6) is -1.08. The number of hydrogen-bond donors (Lipinski definition) is 0. The summed E-state index contributed by atoms with van der Waals surface area (Å²) in [6.07, 6.45) is 0. The summed E-state index contributed by atoms with van der Waals surface area (Å²) < 4.78 is 19.8. The van der Waals surface area contributed by atoms with Crippen molar-refractivity contribution in [3.05, 3.63) is 0 Å². The minimum absolute atomic E-state index is 0. The smallest absolute Gasteiger partial charge is 0.550 e. The van der Waals surface area contributed by atoms with E-state index in [2.05, 4.69) is 0 Å². The number of carbonyl (C=O) groups is 1. The van der Waals surface area contributed by atoms with Gasteiger partial charge in [0.15, 0.2) is 0 Å². The van der Waals surface area contributed by atoms with Gasteiger partial charge in [-0.25, -0.2) is 0 Å². The molecule has 0 bridgehead atoms. The summed E-state index contributed by atoms with van der Waals surface area (Å²) >= 11 is 0. The molecule has 2 saturated heterocycles. The maximum Gasteiger partial charge on any atom is 1.00 e. The van der Waals surface area contributed by atoms with Crippen LogP contribution in [-0.2, 0) is 23.7 Å². The first-order valence-electron chi connectivity index (χ1n) is 5.22. The third-order valence-electron chi connectivity index (χ3n) is 1.49. The van der Waals surface area contributed by atoms with Crippen LogP contribution in [0.5, 0.6) is 0 Å². The van der Waals surface area contributed by atoms with Gasteiger partial charge in [0.2, 0.25) is 0 Å². The fourth-order valence-corrected chi connectivity index (χ4v) is 0.880. The van der Waals surface area contributed by atoms with E-state index >= 15 is 0 Å². The van der Waals surface area contributed by atoms with Crippen LogP contribution in [0.2, 0.25) is 0 Å². The van der Waals surface area contributed by atoms with Gasteiger partial charge in [0.1, 0.15) is 0 Å². The second kappa shape index (κ2) is 16.9. The van der Waals surface area contributed by atoms with E-state index in [-0.39, 0.29) is 51.4 Å². The van der Waals surface area contributed by atoms with Gasteiger partial charge in [-0.3, -0.25) is 0 Å². The Morgan fingerprint density at radius 2 is 0.882 bits per heavy atom. The first kappa shape index (κ1) is 20.3. The van der Waals surface area contributed by atoms with Crippen molar-refractivity contribution < 1.29 is 80.2 Å². The molecular formula is C10H19KO6. The average molecular weight is 274 g/mol. The first-order chi connectivity index (χ1) is 7.73. The van der Waals surface area contributed by atoms with Gasteiger partial charge >= 0.3 is 51.4 Å². The molecule has 96 valence electrons. The number of ether oxygens (including phenoxy) is 4. The Kier molecular flexibility index (Phi) is 20.2. The predicted molar refractivity (Wildman–Crippen MR) is 54.0 cm³/mol. The first-order valence-corrected chi connectivity index (χ1v) is 5.22. The number of carboxylic acid groups (broad SMARTS) is 1. The third kappa shape index (κ3) is 22.6. The molecule has 0 aromatic heterocycles. The van der Waals surface area contributed by atoms with Gasteiger partial charge in [0.05, 0.1) is 52.9 Å². The average Bonchev–Trinajstić information content (AvgIpc) is 2.34. The molecule has 0 aromatic carbocycles. The zero-order valence-electron chi connectivity index (χ0n) is 10.6. The number of aliphatic carboxylic acids is 1. The molecule has 0 radical (unpaired) electrons. The predicted octanol–water partition coefficient (Wildman–Crippen LogP) is -4.17. The maximum atomic E-state index is 8.89. The van der Waals surface area contributed by atoms with Crippen LogP contribution in [0.4, 0.5) is 0 Å². The fraction of sp³-hybridized carbons (Fsp3) is 0.900. The molecular weight excluding hydrogens is 255 g/mol. The molecule has 0 N–H and O–H groups in total. The zero-order chi connectivity index (χ0) is 12.1. The zero-order valence-corrected chi connectivity index (χ0v) is 13.7. The molecule has 2 fully saturated rings. The van der Waals surface area contributed by atoms with Crippen LogP contribution in [-0.4, -0.2) is 58.8 Å². The van der Waals surface area contributed by atoms with Gasteiger partial charge in [0, 0.05) is 5.97 Å². The van der Waals surface area contributed by atoms with E-state index in [0.717, 1.165) is 59.8 Å². The van der Waals surface area contributed by atoms with Crippen molar-refractivity contribution in [2.75, 3.05) is 52.9 Å². The van der Waals surface area contributed by atoms with E-state index in [1.807, 2.05) is 0 Å². The van der Waals surface area contributed by atoms with Gasteiger partial charge < -0.3 is 28.8 Å². The summed E-state index contributed by atoms with van der Waals surface area (Å²) in [6, 6.07) is 0. The topological polar surface area (TPSA) is 77.0 Å². The minimum atomic E-state index is -1.08. The van der Waals surface area contributed by atoms with Crippen molar-refractivity contribution in [2.45, 2.75) is 6.92 Å². The van der Waals surface area contributed by atoms with E-state index in [4.69, 9.17) is 28.8 Å². The fourth-order valence-electron chi connectivity index (χ4n) is 0.880. The minimum Gasteiger partial charge on any atom is -0.550 e. The van der Waals surface area contributed by atoms with E-state index in [1.165, 1.54) is 0 Å². The SMILES string of the molecule is C1COCCO1.C1COCCO1.CC(=O)[O-].[K+]. The molecule has 0 aliphatic carbocycles.